The number of nitrogens with zero attached hydrogens (tertiary/aromatic N) is 1. The van der Waals surface area contributed by atoms with E-state index in [1.807, 2.05) is 50.4 Å². The first-order valence-corrected chi connectivity index (χ1v) is 7.94. The van der Waals surface area contributed by atoms with Gasteiger partial charge in [0.1, 0.15) is 0 Å². The predicted octanol–water partition coefficient (Wildman–Crippen LogP) is 4.08. The molecule has 0 aliphatic carbocycles. The second-order valence-corrected chi connectivity index (χ2v) is 6.40. The molecule has 0 amide bonds. The van der Waals surface area contributed by atoms with Gasteiger partial charge < -0.3 is 0 Å². The van der Waals surface area contributed by atoms with E-state index in [4.69, 9.17) is 0 Å². The summed E-state index contributed by atoms with van der Waals surface area (Å²) in [6.07, 6.45) is 0.820. The Morgan fingerprint density at radius 2 is 1.35 bits per heavy atom. The number of ketones is 1. The number of likely N-dealkylation sites (tertiary alicyclic amines) is 1. The molecule has 2 aromatic carbocycles. The van der Waals surface area contributed by atoms with Crippen molar-refractivity contribution >= 4 is 18.2 Å². The lowest BCUT2D eigenvalue weighted by atomic mass is 9.63. The average molecular weight is 330 g/mol. The van der Waals surface area contributed by atoms with Gasteiger partial charge in [0.05, 0.1) is 11.5 Å². The van der Waals surface area contributed by atoms with Crippen molar-refractivity contribution in [3.05, 3.63) is 71.8 Å². The van der Waals surface area contributed by atoms with Crippen LogP contribution in [0.4, 0.5) is 0 Å². The maximum absolute atomic E-state index is 13.4. The van der Waals surface area contributed by atoms with Gasteiger partial charge in [-0.2, -0.15) is 0 Å². The molecule has 1 saturated heterocycles. The fourth-order valence-corrected chi connectivity index (χ4v) is 3.74. The van der Waals surface area contributed by atoms with Crippen LogP contribution < -0.4 is 0 Å². The van der Waals surface area contributed by atoms with Crippen LogP contribution in [0.25, 0.3) is 0 Å². The van der Waals surface area contributed by atoms with Gasteiger partial charge in [-0.3, -0.25) is 9.69 Å². The Morgan fingerprint density at radius 3 is 1.78 bits per heavy atom. The van der Waals surface area contributed by atoms with Crippen LogP contribution in [-0.2, 0) is 10.2 Å². The summed E-state index contributed by atoms with van der Waals surface area (Å²) in [6, 6.07) is 20.8. The number of carbonyl (C=O) groups is 1. The molecular formula is C20H24ClNO. The molecule has 0 N–H and O–H groups in total. The van der Waals surface area contributed by atoms with Crippen LogP contribution in [0, 0.1) is 0 Å². The summed E-state index contributed by atoms with van der Waals surface area (Å²) in [5.74, 6) is 0.297. The van der Waals surface area contributed by atoms with Crippen molar-refractivity contribution < 1.29 is 4.79 Å². The molecule has 2 atom stereocenters. The third kappa shape index (κ3) is 2.82. The molecule has 2 unspecified atom stereocenters. The smallest absolute Gasteiger partial charge is 0.164 e. The zero-order chi connectivity index (χ0) is 15.7. The van der Waals surface area contributed by atoms with Gasteiger partial charge in [0.2, 0.25) is 0 Å². The SMILES string of the molecule is CC1CC(c2ccccc2)(c2ccccc2)C(=O)C(C)N1C.Cl. The van der Waals surface area contributed by atoms with Gasteiger partial charge in [-0.05, 0) is 38.4 Å². The quantitative estimate of drug-likeness (QED) is 0.827. The molecule has 0 radical (unpaired) electrons. The van der Waals surface area contributed by atoms with Gasteiger partial charge in [0.25, 0.3) is 0 Å². The lowest BCUT2D eigenvalue weighted by Gasteiger charge is -2.47. The standard InChI is InChI=1S/C20H23NO.ClH/c1-15-14-20(17-10-6-4-7-11-17,18-12-8-5-9-13-18)19(22)16(2)21(15)3;/h4-13,15-16H,14H2,1-3H3;1H. The van der Waals surface area contributed by atoms with E-state index in [1.165, 1.54) is 0 Å². The summed E-state index contributed by atoms with van der Waals surface area (Å²) in [4.78, 5) is 15.5. The number of benzene rings is 2. The summed E-state index contributed by atoms with van der Waals surface area (Å²) in [5, 5.41) is 0. The highest BCUT2D eigenvalue weighted by Crippen LogP contribution is 2.43. The Balaban J connectivity index is 0.00000192. The van der Waals surface area contributed by atoms with Gasteiger partial charge in [-0.15, -0.1) is 12.4 Å². The molecule has 0 saturated carbocycles. The van der Waals surface area contributed by atoms with Gasteiger partial charge >= 0.3 is 0 Å². The molecule has 3 rings (SSSR count). The first-order chi connectivity index (χ1) is 10.6. The lowest BCUT2D eigenvalue weighted by Crippen LogP contribution is -2.58. The number of hydrogen-bond donors (Lipinski definition) is 0. The van der Waals surface area contributed by atoms with Crippen molar-refractivity contribution in [2.75, 3.05) is 7.05 Å². The maximum Gasteiger partial charge on any atom is 0.164 e. The number of halogens is 1. The van der Waals surface area contributed by atoms with E-state index in [-0.39, 0.29) is 18.4 Å². The molecule has 23 heavy (non-hydrogen) atoms. The number of Topliss-reactive ketones (excluding diaryl/α,β-unsaturated/α-hetero) is 1. The van der Waals surface area contributed by atoms with Crippen molar-refractivity contribution in [3.63, 3.8) is 0 Å². The predicted molar refractivity (Wildman–Crippen MR) is 97.2 cm³/mol. The molecule has 0 aromatic heterocycles. The second-order valence-electron chi connectivity index (χ2n) is 6.40. The average Bonchev–Trinajstić information content (AvgIpc) is 2.58. The van der Waals surface area contributed by atoms with E-state index < -0.39 is 5.41 Å². The minimum absolute atomic E-state index is 0. The summed E-state index contributed by atoms with van der Waals surface area (Å²) < 4.78 is 0. The fourth-order valence-electron chi connectivity index (χ4n) is 3.74. The largest absolute Gasteiger partial charge is 0.297 e. The van der Waals surface area contributed by atoms with E-state index >= 15 is 0 Å². The number of carbonyl (C=O) groups excluding carboxylic acids is 1. The van der Waals surface area contributed by atoms with Gasteiger partial charge in [-0.1, -0.05) is 60.7 Å². The Hall–Kier alpha value is -1.64. The molecule has 1 fully saturated rings. The van der Waals surface area contributed by atoms with Crippen molar-refractivity contribution in [1.82, 2.24) is 4.90 Å². The maximum atomic E-state index is 13.4. The molecular weight excluding hydrogens is 306 g/mol. The van der Waals surface area contributed by atoms with Crippen LogP contribution in [0.5, 0.6) is 0 Å². The van der Waals surface area contributed by atoms with E-state index in [0.29, 0.717) is 11.8 Å². The molecule has 1 aliphatic heterocycles. The van der Waals surface area contributed by atoms with E-state index in [2.05, 4.69) is 36.1 Å². The number of likely N-dealkylation sites (N-methyl/N-ethyl adjacent to an activating group) is 1. The summed E-state index contributed by atoms with van der Waals surface area (Å²) in [7, 11) is 2.05. The molecule has 0 spiro atoms. The van der Waals surface area contributed by atoms with Crippen molar-refractivity contribution in [2.45, 2.75) is 37.8 Å². The van der Waals surface area contributed by atoms with Gasteiger partial charge in [0, 0.05) is 6.04 Å². The Morgan fingerprint density at radius 1 is 0.913 bits per heavy atom. The van der Waals surface area contributed by atoms with Crippen molar-refractivity contribution in [3.8, 4) is 0 Å². The minimum Gasteiger partial charge on any atom is -0.297 e. The van der Waals surface area contributed by atoms with Crippen LogP contribution in [0.2, 0.25) is 0 Å². The molecule has 2 nitrogen and oxygen atoms in total. The first kappa shape index (κ1) is 17.7. The first-order valence-electron chi connectivity index (χ1n) is 7.94. The van der Waals surface area contributed by atoms with E-state index in [9.17, 15) is 4.79 Å². The topological polar surface area (TPSA) is 20.3 Å². The second kappa shape index (κ2) is 6.86. The molecule has 1 heterocycles. The zero-order valence-corrected chi connectivity index (χ0v) is 14.7. The fraction of sp³-hybridized carbons (Fsp3) is 0.350. The number of rotatable bonds is 2. The van der Waals surface area contributed by atoms with Crippen LogP contribution in [0.15, 0.2) is 60.7 Å². The highest BCUT2D eigenvalue weighted by Gasteiger charge is 2.49. The highest BCUT2D eigenvalue weighted by atomic mass is 35.5. The minimum atomic E-state index is -0.534. The third-order valence-electron chi connectivity index (χ3n) is 5.24. The Labute approximate surface area is 144 Å². The van der Waals surface area contributed by atoms with Gasteiger partial charge in [0.15, 0.2) is 5.78 Å². The highest BCUT2D eigenvalue weighted by molar-refractivity contribution is 5.98. The number of hydrogen-bond acceptors (Lipinski definition) is 2. The van der Waals surface area contributed by atoms with Crippen LogP contribution in [0.1, 0.15) is 31.4 Å². The molecule has 3 heteroatoms. The Kier molecular flexibility index (Phi) is 5.28. The monoisotopic (exact) mass is 329 g/mol. The summed E-state index contributed by atoms with van der Waals surface area (Å²) in [5.41, 5.74) is 1.68. The van der Waals surface area contributed by atoms with E-state index in [0.717, 1.165) is 17.5 Å². The van der Waals surface area contributed by atoms with Crippen LogP contribution in [0.3, 0.4) is 0 Å². The summed E-state index contributed by atoms with van der Waals surface area (Å²) in [6.45, 7) is 4.24. The Bertz CT molecular complexity index is 616. The zero-order valence-electron chi connectivity index (χ0n) is 13.9. The molecule has 1 aliphatic rings. The lowest BCUT2D eigenvalue weighted by molar-refractivity contribution is -0.132. The normalized spacial score (nSPS) is 24.0. The van der Waals surface area contributed by atoms with Crippen LogP contribution >= 0.6 is 12.4 Å². The molecule has 122 valence electrons. The van der Waals surface area contributed by atoms with Crippen LogP contribution in [-0.4, -0.2) is 29.8 Å². The summed E-state index contributed by atoms with van der Waals surface area (Å²) >= 11 is 0. The molecule has 2 aromatic rings. The van der Waals surface area contributed by atoms with Gasteiger partial charge in [-0.25, -0.2) is 0 Å². The van der Waals surface area contributed by atoms with Crippen molar-refractivity contribution in [1.29, 1.82) is 0 Å². The van der Waals surface area contributed by atoms with Crippen molar-refractivity contribution in [2.24, 2.45) is 0 Å². The van der Waals surface area contributed by atoms with E-state index in [1.54, 1.807) is 0 Å². The third-order valence-corrected chi connectivity index (χ3v) is 5.24. The number of piperidine rings is 1. The molecule has 0 bridgehead atoms.